The van der Waals surface area contributed by atoms with E-state index in [0.717, 1.165) is 16.3 Å². The van der Waals surface area contributed by atoms with Crippen molar-refractivity contribution in [2.24, 2.45) is 11.7 Å². The van der Waals surface area contributed by atoms with Crippen molar-refractivity contribution in [3.05, 3.63) is 47.8 Å². The summed E-state index contributed by atoms with van der Waals surface area (Å²) < 4.78 is 6.12. The van der Waals surface area contributed by atoms with Crippen molar-refractivity contribution in [2.75, 3.05) is 18.0 Å². The highest BCUT2D eigenvalue weighted by atomic mass is 32.1. The van der Waals surface area contributed by atoms with E-state index in [4.69, 9.17) is 15.1 Å². The maximum atomic E-state index is 11.5. The number of nitrogens with zero attached hydrogens (tertiary/aromatic N) is 4. The molecule has 0 radical (unpaired) electrons. The quantitative estimate of drug-likeness (QED) is 0.556. The number of hydrogen-bond acceptors (Lipinski definition) is 7. The topological polar surface area (TPSA) is 98.1 Å². The normalized spacial score (nSPS) is 15.1. The number of thiophene rings is 1. The van der Waals surface area contributed by atoms with Gasteiger partial charge >= 0.3 is 0 Å². The van der Waals surface area contributed by atoms with Crippen molar-refractivity contribution in [1.82, 2.24) is 15.0 Å². The molecule has 0 unspecified atom stereocenters. The minimum Gasteiger partial charge on any atom is -0.430 e. The molecule has 0 bridgehead atoms. The first kappa shape index (κ1) is 17.8. The van der Waals surface area contributed by atoms with Crippen LogP contribution in [0, 0.1) is 5.92 Å². The zero-order chi connectivity index (χ0) is 19.8. The molecule has 0 saturated carbocycles. The van der Waals surface area contributed by atoms with Gasteiger partial charge in [-0.05, 0) is 36.4 Å². The van der Waals surface area contributed by atoms with Gasteiger partial charge in [-0.25, -0.2) is 9.97 Å². The Balaban J connectivity index is 1.60. The summed E-state index contributed by atoms with van der Waals surface area (Å²) in [5, 5.41) is 2.00. The molecule has 4 heterocycles. The lowest BCUT2D eigenvalue weighted by Gasteiger charge is -2.31. The van der Waals surface area contributed by atoms with Gasteiger partial charge in [0.05, 0.1) is 4.88 Å². The highest BCUT2D eigenvalue weighted by molar-refractivity contribution is 7.13. The summed E-state index contributed by atoms with van der Waals surface area (Å²) >= 11 is 1.58. The third-order valence-electron chi connectivity index (χ3n) is 5.20. The molecule has 0 spiro atoms. The molecular formula is C21H19N5O2S. The molecule has 1 saturated heterocycles. The summed E-state index contributed by atoms with van der Waals surface area (Å²) in [5.74, 6) is 1.55. The average molecular weight is 405 g/mol. The molecular weight excluding hydrogens is 386 g/mol. The van der Waals surface area contributed by atoms with Gasteiger partial charge in [0.15, 0.2) is 11.6 Å². The van der Waals surface area contributed by atoms with E-state index in [1.165, 1.54) is 0 Å². The number of aromatic nitrogens is 3. The van der Waals surface area contributed by atoms with Gasteiger partial charge in [0, 0.05) is 24.6 Å². The fourth-order valence-corrected chi connectivity index (χ4v) is 4.28. The first-order valence-corrected chi connectivity index (χ1v) is 10.4. The van der Waals surface area contributed by atoms with Gasteiger partial charge in [0.1, 0.15) is 0 Å². The summed E-state index contributed by atoms with van der Waals surface area (Å²) in [5.41, 5.74) is 7.49. The zero-order valence-corrected chi connectivity index (χ0v) is 16.4. The smallest absolute Gasteiger partial charge is 0.229 e. The molecule has 29 heavy (non-hydrogen) atoms. The molecule has 7 nitrogen and oxygen atoms in total. The minimum atomic E-state index is -0.234. The molecule has 3 aromatic heterocycles. The Labute approximate surface area is 171 Å². The number of rotatable bonds is 4. The summed E-state index contributed by atoms with van der Waals surface area (Å²) in [6.07, 6.45) is 1.41. The second-order valence-electron chi connectivity index (χ2n) is 7.05. The van der Waals surface area contributed by atoms with Crippen LogP contribution < -0.4 is 10.6 Å². The average Bonchev–Trinajstić information content (AvgIpc) is 3.43. The van der Waals surface area contributed by atoms with E-state index in [-0.39, 0.29) is 11.8 Å². The molecule has 1 aromatic carbocycles. The highest BCUT2D eigenvalue weighted by Gasteiger charge is 2.27. The number of piperidine rings is 1. The number of benzene rings is 1. The van der Waals surface area contributed by atoms with Crippen LogP contribution in [-0.4, -0.2) is 33.9 Å². The van der Waals surface area contributed by atoms with Crippen LogP contribution >= 0.6 is 11.3 Å². The van der Waals surface area contributed by atoms with E-state index in [1.54, 1.807) is 11.3 Å². The van der Waals surface area contributed by atoms with Gasteiger partial charge in [-0.15, -0.1) is 11.3 Å². The molecule has 2 N–H and O–H groups in total. The van der Waals surface area contributed by atoms with Crippen LogP contribution in [0.25, 0.3) is 33.4 Å². The molecule has 4 aromatic rings. The number of primary amides is 1. The molecule has 1 aliphatic heterocycles. The molecule has 1 fully saturated rings. The molecule has 8 heteroatoms. The number of oxazole rings is 1. The summed E-state index contributed by atoms with van der Waals surface area (Å²) in [6.45, 7) is 1.37. The Bertz CT molecular complexity index is 1150. The molecule has 5 rings (SSSR count). The summed E-state index contributed by atoms with van der Waals surface area (Å²) in [6, 6.07) is 13.7. The first-order chi connectivity index (χ1) is 14.2. The number of anilines is 1. The van der Waals surface area contributed by atoms with Crippen molar-refractivity contribution in [1.29, 1.82) is 0 Å². The Morgan fingerprint density at radius 1 is 1.07 bits per heavy atom. The molecule has 0 aliphatic carbocycles. The van der Waals surface area contributed by atoms with Gasteiger partial charge < -0.3 is 15.1 Å². The number of fused-ring (bicyclic) bond motifs is 1. The van der Waals surface area contributed by atoms with Crippen LogP contribution in [0.15, 0.2) is 52.3 Å². The fraction of sp³-hybridized carbons (Fsp3) is 0.238. The number of nitrogens with two attached hydrogens (primary N) is 1. The molecule has 1 aliphatic rings. The van der Waals surface area contributed by atoms with Gasteiger partial charge in [0.2, 0.25) is 23.0 Å². The summed E-state index contributed by atoms with van der Waals surface area (Å²) in [4.78, 5) is 28.8. The second kappa shape index (κ2) is 7.29. The summed E-state index contributed by atoms with van der Waals surface area (Å²) in [7, 11) is 0. The van der Waals surface area contributed by atoms with Crippen molar-refractivity contribution in [3.63, 3.8) is 0 Å². The van der Waals surface area contributed by atoms with Crippen LogP contribution in [0.3, 0.4) is 0 Å². The lowest BCUT2D eigenvalue weighted by molar-refractivity contribution is -0.122. The van der Waals surface area contributed by atoms with E-state index < -0.39 is 0 Å². The van der Waals surface area contributed by atoms with Crippen LogP contribution in [0.5, 0.6) is 0 Å². The van der Waals surface area contributed by atoms with Crippen LogP contribution in [0.1, 0.15) is 12.8 Å². The predicted molar refractivity (Wildman–Crippen MR) is 112 cm³/mol. The van der Waals surface area contributed by atoms with E-state index >= 15 is 0 Å². The molecule has 0 atom stereocenters. The highest BCUT2D eigenvalue weighted by Crippen LogP contribution is 2.34. The van der Waals surface area contributed by atoms with Gasteiger partial charge in [-0.2, -0.15) is 4.98 Å². The van der Waals surface area contributed by atoms with Crippen LogP contribution in [0.4, 0.5) is 5.82 Å². The Morgan fingerprint density at radius 3 is 2.55 bits per heavy atom. The SMILES string of the molecule is NC(=O)C1CCN(c2nc(-c3cccs3)nc3nc(-c4ccccc4)oc23)CC1. The minimum absolute atomic E-state index is 0.0880. The van der Waals surface area contributed by atoms with E-state index in [9.17, 15) is 4.79 Å². The Morgan fingerprint density at radius 2 is 1.86 bits per heavy atom. The zero-order valence-electron chi connectivity index (χ0n) is 15.6. The van der Waals surface area contributed by atoms with Gasteiger partial charge in [0.25, 0.3) is 0 Å². The van der Waals surface area contributed by atoms with E-state index in [0.29, 0.717) is 48.9 Å². The van der Waals surface area contributed by atoms with Crippen molar-refractivity contribution in [3.8, 4) is 22.2 Å². The van der Waals surface area contributed by atoms with Gasteiger partial charge in [-0.1, -0.05) is 24.3 Å². The van der Waals surface area contributed by atoms with Gasteiger partial charge in [-0.3, -0.25) is 4.79 Å². The monoisotopic (exact) mass is 405 g/mol. The second-order valence-corrected chi connectivity index (χ2v) is 8.00. The third-order valence-corrected chi connectivity index (χ3v) is 6.06. The molecule has 146 valence electrons. The number of hydrogen-bond donors (Lipinski definition) is 1. The number of amides is 1. The standard InChI is InChI=1S/C21H19N5O2S/c22-17(27)13-8-10-26(11-9-13)20-16-19(23-18(24-20)15-7-4-12-29-15)25-21(28-16)14-5-2-1-3-6-14/h1-7,12-13H,8-11H2,(H2,22,27). The lowest BCUT2D eigenvalue weighted by atomic mass is 9.96. The predicted octanol–water partition coefficient (Wildman–Crippen LogP) is 3.72. The maximum absolute atomic E-state index is 11.5. The number of carbonyl (C=O) groups is 1. The Kier molecular flexibility index (Phi) is 4.48. The Hall–Kier alpha value is -3.26. The van der Waals surface area contributed by atoms with Crippen LogP contribution in [0.2, 0.25) is 0 Å². The molecule has 1 amide bonds. The van der Waals surface area contributed by atoms with Crippen molar-refractivity contribution < 1.29 is 9.21 Å². The van der Waals surface area contributed by atoms with Crippen LogP contribution in [-0.2, 0) is 4.79 Å². The largest absolute Gasteiger partial charge is 0.430 e. The van der Waals surface area contributed by atoms with Crippen molar-refractivity contribution >= 4 is 34.3 Å². The van der Waals surface area contributed by atoms with E-state index in [2.05, 4.69) is 14.9 Å². The first-order valence-electron chi connectivity index (χ1n) is 9.51. The van der Waals surface area contributed by atoms with Crippen molar-refractivity contribution in [2.45, 2.75) is 12.8 Å². The lowest BCUT2D eigenvalue weighted by Crippen LogP contribution is -2.39. The maximum Gasteiger partial charge on any atom is 0.229 e. The number of carbonyl (C=O) groups excluding carboxylic acids is 1. The van der Waals surface area contributed by atoms with E-state index in [1.807, 2.05) is 47.8 Å². The fourth-order valence-electron chi connectivity index (χ4n) is 3.62. The third kappa shape index (κ3) is 3.36.